The fourth-order valence-electron chi connectivity index (χ4n) is 2.90. The molecule has 1 N–H and O–H groups in total. The molecule has 0 aliphatic carbocycles. The molecular formula is C20H32N2O2. The molecule has 0 saturated carbocycles. The average Bonchev–Trinajstić information content (AvgIpc) is 2.55. The van der Waals surface area contributed by atoms with Gasteiger partial charge in [0.15, 0.2) is 0 Å². The van der Waals surface area contributed by atoms with Gasteiger partial charge in [-0.2, -0.15) is 0 Å². The molecule has 2 atom stereocenters. The predicted molar refractivity (Wildman–Crippen MR) is 97.7 cm³/mol. The van der Waals surface area contributed by atoms with Crippen LogP contribution < -0.4 is 0 Å². The summed E-state index contributed by atoms with van der Waals surface area (Å²) in [5, 5.41) is 10.3. The van der Waals surface area contributed by atoms with E-state index in [2.05, 4.69) is 32.6 Å². The van der Waals surface area contributed by atoms with Crippen molar-refractivity contribution in [3.05, 3.63) is 35.9 Å². The summed E-state index contributed by atoms with van der Waals surface area (Å²) in [6.45, 7) is 12.5. The number of nitrogens with zero attached hydrogens (tertiary/aromatic N) is 2. The van der Waals surface area contributed by atoms with Crippen molar-refractivity contribution < 1.29 is 9.90 Å². The van der Waals surface area contributed by atoms with Crippen molar-refractivity contribution in [2.75, 3.05) is 32.7 Å². The first-order valence-electron chi connectivity index (χ1n) is 9.00. The van der Waals surface area contributed by atoms with E-state index in [1.165, 1.54) is 0 Å². The lowest BCUT2D eigenvalue weighted by Crippen LogP contribution is -2.50. The van der Waals surface area contributed by atoms with E-state index in [1.807, 2.05) is 35.2 Å². The minimum absolute atomic E-state index is 0.164. The van der Waals surface area contributed by atoms with Crippen LogP contribution in [0.3, 0.4) is 0 Å². The summed E-state index contributed by atoms with van der Waals surface area (Å²) in [4.78, 5) is 16.7. The monoisotopic (exact) mass is 332 g/mol. The van der Waals surface area contributed by atoms with Gasteiger partial charge in [-0.25, -0.2) is 0 Å². The number of aliphatic hydroxyl groups excluding tert-OH is 1. The van der Waals surface area contributed by atoms with E-state index in [0.29, 0.717) is 18.9 Å². The summed E-state index contributed by atoms with van der Waals surface area (Å²) in [7, 11) is 0. The van der Waals surface area contributed by atoms with Crippen LogP contribution in [0.1, 0.15) is 45.8 Å². The molecule has 2 rings (SSSR count). The Morgan fingerprint density at radius 2 is 1.71 bits per heavy atom. The molecule has 1 heterocycles. The molecule has 0 aromatic heterocycles. The lowest BCUT2D eigenvalue weighted by Gasteiger charge is -2.37. The zero-order chi connectivity index (χ0) is 17.7. The first-order chi connectivity index (χ1) is 11.3. The molecule has 1 aromatic rings. The second-order valence-corrected chi connectivity index (χ2v) is 8.08. The van der Waals surface area contributed by atoms with E-state index in [1.54, 1.807) is 0 Å². The summed E-state index contributed by atoms with van der Waals surface area (Å²) in [5.74, 6) is 0.642. The number of hydrogen-bond acceptors (Lipinski definition) is 3. The maximum Gasteiger partial charge on any atom is 0.222 e. The van der Waals surface area contributed by atoms with Crippen molar-refractivity contribution in [2.24, 2.45) is 11.3 Å². The molecule has 1 aliphatic rings. The van der Waals surface area contributed by atoms with Gasteiger partial charge in [0.1, 0.15) is 0 Å². The van der Waals surface area contributed by atoms with Gasteiger partial charge in [-0.05, 0) is 16.9 Å². The molecule has 0 radical (unpaired) electrons. The molecule has 1 amide bonds. The van der Waals surface area contributed by atoms with Gasteiger partial charge < -0.3 is 10.0 Å². The quantitative estimate of drug-likeness (QED) is 0.901. The lowest BCUT2D eigenvalue weighted by molar-refractivity contribution is -0.134. The van der Waals surface area contributed by atoms with Crippen molar-refractivity contribution in [2.45, 2.75) is 40.2 Å². The van der Waals surface area contributed by atoms with E-state index in [0.717, 1.165) is 31.7 Å². The average molecular weight is 332 g/mol. The molecule has 2 unspecified atom stereocenters. The molecule has 1 aromatic carbocycles. The predicted octanol–water partition coefficient (Wildman–Crippen LogP) is 2.94. The van der Waals surface area contributed by atoms with Crippen LogP contribution in [0.5, 0.6) is 0 Å². The number of rotatable bonds is 5. The number of amides is 1. The second kappa shape index (κ2) is 8.13. The zero-order valence-corrected chi connectivity index (χ0v) is 15.5. The maximum atomic E-state index is 12.5. The number of carbonyl (C=O) groups excluding carboxylic acids is 1. The zero-order valence-electron chi connectivity index (χ0n) is 15.5. The first-order valence-corrected chi connectivity index (χ1v) is 9.00. The normalized spacial score (nSPS) is 19.1. The lowest BCUT2D eigenvalue weighted by atomic mass is 9.80. The molecular weight excluding hydrogens is 300 g/mol. The maximum absolute atomic E-state index is 12.5. The van der Waals surface area contributed by atoms with Gasteiger partial charge in [-0.3, -0.25) is 9.69 Å². The summed E-state index contributed by atoms with van der Waals surface area (Å²) >= 11 is 0. The number of benzene rings is 1. The van der Waals surface area contributed by atoms with E-state index in [4.69, 9.17) is 0 Å². The summed E-state index contributed by atoms with van der Waals surface area (Å²) in [6, 6.07) is 9.77. The Bertz CT molecular complexity index is 516. The molecule has 0 bridgehead atoms. The van der Waals surface area contributed by atoms with Crippen molar-refractivity contribution in [1.82, 2.24) is 9.80 Å². The van der Waals surface area contributed by atoms with Crippen LogP contribution in [-0.4, -0.2) is 53.5 Å². The number of piperazine rings is 1. The van der Waals surface area contributed by atoms with Crippen molar-refractivity contribution in [3.8, 4) is 0 Å². The SMILES string of the molecule is CC(CC(=O)N1CCN(CC(O)c2ccccc2)CC1)C(C)(C)C. The van der Waals surface area contributed by atoms with E-state index < -0.39 is 6.10 Å². The largest absolute Gasteiger partial charge is 0.387 e. The molecule has 1 aliphatic heterocycles. The molecule has 24 heavy (non-hydrogen) atoms. The molecule has 1 saturated heterocycles. The van der Waals surface area contributed by atoms with Crippen LogP contribution in [0, 0.1) is 11.3 Å². The Morgan fingerprint density at radius 3 is 2.25 bits per heavy atom. The Labute approximate surface area is 146 Å². The first kappa shape index (κ1) is 18.9. The van der Waals surface area contributed by atoms with Crippen molar-refractivity contribution >= 4 is 5.91 Å². The van der Waals surface area contributed by atoms with Crippen LogP contribution in [0.15, 0.2) is 30.3 Å². The fourth-order valence-corrected chi connectivity index (χ4v) is 2.90. The summed E-state index contributed by atoms with van der Waals surface area (Å²) in [6.07, 6.45) is 0.158. The molecule has 134 valence electrons. The van der Waals surface area contributed by atoms with Gasteiger partial charge in [0.2, 0.25) is 5.91 Å². The second-order valence-electron chi connectivity index (χ2n) is 8.08. The molecule has 4 nitrogen and oxygen atoms in total. The van der Waals surface area contributed by atoms with E-state index in [-0.39, 0.29) is 11.3 Å². The van der Waals surface area contributed by atoms with Crippen LogP contribution in [0.4, 0.5) is 0 Å². The third-order valence-corrected chi connectivity index (χ3v) is 5.30. The standard InChI is InChI=1S/C20H32N2O2/c1-16(20(2,3)4)14-19(24)22-12-10-21(11-13-22)15-18(23)17-8-6-5-7-9-17/h5-9,16,18,23H,10-15H2,1-4H3. The highest BCUT2D eigenvalue weighted by atomic mass is 16.3. The number of aliphatic hydroxyl groups is 1. The smallest absolute Gasteiger partial charge is 0.222 e. The minimum Gasteiger partial charge on any atom is -0.387 e. The minimum atomic E-state index is -0.464. The topological polar surface area (TPSA) is 43.8 Å². The highest BCUT2D eigenvalue weighted by Gasteiger charge is 2.27. The number of hydrogen-bond donors (Lipinski definition) is 1. The van der Waals surface area contributed by atoms with Gasteiger partial charge in [-0.1, -0.05) is 58.0 Å². The third kappa shape index (κ3) is 5.32. The Hall–Kier alpha value is -1.39. The van der Waals surface area contributed by atoms with Gasteiger partial charge in [0.25, 0.3) is 0 Å². The summed E-state index contributed by atoms with van der Waals surface area (Å²) in [5.41, 5.74) is 1.12. The van der Waals surface area contributed by atoms with E-state index in [9.17, 15) is 9.90 Å². The molecule has 0 spiro atoms. The Kier molecular flexibility index (Phi) is 6.41. The van der Waals surface area contributed by atoms with Crippen LogP contribution in [0.25, 0.3) is 0 Å². The fraction of sp³-hybridized carbons (Fsp3) is 0.650. The van der Waals surface area contributed by atoms with Gasteiger partial charge in [-0.15, -0.1) is 0 Å². The Balaban J connectivity index is 1.78. The van der Waals surface area contributed by atoms with Gasteiger partial charge in [0.05, 0.1) is 6.10 Å². The summed E-state index contributed by atoms with van der Waals surface area (Å²) < 4.78 is 0. The molecule has 4 heteroatoms. The van der Waals surface area contributed by atoms with Gasteiger partial charge in [0, 0.05) is 39.1 Å². The highest BCUT2D eigenvalue weighted by Crippen LogP contribution is 2.28. The Morgan fingerprint density at radius 1 is 1.12 bits per heavy atom. The number of β-amino-alcohol motifs (C(OH)–C–C–N with tert-alkyl or cyclic N) is 1. The van der Waals surface area contributed by atoms with Crippen molar-refractivity contribution in [3.63, 3.8) is 0 Å². The van der Waals surface area contributed by atoms with Crippen LogP contribution >= 0.6 is 0 Å². The number of carbonyl (C=O) groups is 1. The molecule has 1 fully saturated rings. The third-order valence-electron chi connectivity index (χ3n) is 5.30. The van der Waals surface area contributed by atoms with Crippen molar-refractivity contribution in [1.29, 1.82) is 0 Å². The van der Waals surface area contributed by atoms with Crippen LogP contribution in [0.2, 0.25) is 0 Å². The van der Waals surface area contributed by atoms with E-state index >= 15 is 0 Å². The van der Waals surface area contributed by atoms with Gasteiger partial charge >= 0.3 is 0 Å². The highest BCUT2D eigenvalue weighted by molar-refractivity contribution is 5.76. The van der Waals surface area contributed by atoms with Crippen LogP contribution in [-0.2, 0) is 4.79 Å².